The van der Waals surface area contributed by atoms with Crippen LogP contribution in [0.4, 0.5) is 5.69 Å². The summed E-state index contributed by atoms with van der Waals surface area (Å²) in [6, 6.07) is 24.7. The number of nitrogens with one attached hydrogen (secondary N) is 2. The van der Waals surface area contributed by atoms with Crippen LogP contribution in [0.1, 0.15) is 12.5 Å². The first-order valence-corrected chi connectivity index (χ1v) is 9.33. The summed E-state index contributed by atoms with van der Waals surface area (Å²) in [6.07, 6.45) is 1.79. The maximum Gasteiger partial charge on any atom is 0.191 e. The lowest BCUT2D eigenvalue weighted by Gasteiger charge is -2.06. The number of hydrogen-bond acceptors (Lipinski definition) is 2. The maximum atomic E-state index is 5.27. The summed E-state index contributed by atoms with van der Waals surface area (Å²) in [6.45, 7) is 3.12. The first-order chi connectivity index (χ1) is 13.3. The minimum Gasteiger partial charge on any atom is -0.341 e. The zero-order valence-corrected chi connectivity index (χ0v) is 15.8. The summed E-state index contributed by atoms with van der Waals surface area (Å²) >= 11 is 5.27. The number of para-hydroxylation sites is 2. The van der Waals surface area contributed by atoms with Crippen LogP contribution in [0.15, 0.2) is 77.9 Å². The quantitative estimate of drug-likeness (QED) is 0.296. The Labute approximate surface area is 163 Å². The molecule has 0 spiro atoms. The summed E-state index contributed by atoms with van der Waals surface area (Å²) in [5, 5.41) is 10.3. The molecule has 4 nitrogen and oxygen atoms in total. The van der Waals surface area contributed by atoms with Crippen molar-refractivity contribution < 1.29 is 0 Å². The predicted molar refractivity (Wildman–Crippen MR) is 119 cm³/mol. The van der Waals surface area contributed by atoms with E-state index in [4.69, 9.17) is 12.2 Å². The van der Waals surface area contributed by atoms with Gasteiger partial charge in [0.2, 0.25) is 0 Å². The Morgan fingerprint density at radius 1 is 0.963 bits per heavy atom. The Hall–Kier alpha value is -3.18. The zero-order valence-electron chi connectivity index (χ0n) is 15.0. The molecular formula is C22H20N4S. The fourth-order valence-corrected chi connectivity index (χ4v) is 3.51. The van der Waals surface area contributed by atoms with Crippen LogP contribution in [-0.2, 0) is 6.54 Å². The monoisotopic (exact) mass is 372 g/mol. The molecule has 0 saturated heterocycles. The van der Waals surface area contributed by atoms with Crippen LogP contribution in [0, 0.1) is 0 Å². The molecule has 1 aromatic heterocycles. The highest BCUT2D eigenvalue weighted by Gasteiger charge is 2.09. The van der Waals surface area contributed by atoms with E-state index in [2.05, 4.69) is 69.8 Å². The van der Waals surface area contributed by atoms with Crippen molar-refractivity contribution in [3.8, 4) is 0 Å². The van der Waals surface area contributed by atoms with Gasteiger partial charge in [0.15, 0.2) is 5.11 Å². The lowest BCUT2D eigenvalue weighted by Crippen LogP contribution is -2.23. The van der Waals surface area contributed by atoms with Crippen molar-refractivity contribution in [1.29, 1.82) is 0 Å². The highest BCUT2D eigenvalue weighted by molar-refractivity contribution is 7.80. The van der Waals surface area contributed by atoms with Gasteiger partial charge in [-0.05, 0) is 55.0 Å². The molecule has 2 N–H and O–H groups in total. The molecule has 134 valence electrons. The summed E-state index contributed by atoms with van der Waals surface area (Å²) in [4.78, 5) is 0. The topological polar surface area (TPSA) is 41.4 Å². The largest absolute Gasteiger partial charge is 0.341 e. The highest BCUT2D eigenvalue weighted by Crippen LogP contribution is 2.29. The van der Waals surface area contributed by atoms with Crippen molar-refractivity contribution >= 4 is 51.0 Å². The molecule has 0 aliphatic heterocycles. The molecule has 1 heterocycles. The standard InChI is InChI=1S/C22H20N4S/c1-2-26-20-11-7-6-10-18(20)19-14-16(12-13-21(19)26)15-23-25-22(27)24-17-8-4-3-5-9-17/h3-15H,2H2,1H3,(H2,24,25,27)/b23-15+. The van der Waals surface area contributed by atoms with Gasteiger partial charge in [0.05, 0.1) is 6.21 Å². The summed E-state index contributed by atoms with van der Waals surface area (Å²) in [5.41, 5.74) is 7.32. The molecular weight excluding hydrogens is 352 g/mol. The number of anilines is 1. The Balaban J connectivity index is 1.55. The molecule has 0 unspecified atom stereocenters. The molecule has 3 aromatic carbocycles. The van der Waals surface area contributed by atoms with Crippen molar-refractivity contribution in [3.63, 3.8) is 0 Å². The van der Waals surface area contributed by atoms with E-state index < -0.39 is 0 Å². The maximum absolute atomic E-state index is 5.27. The molecule has 0 bridgehead atoms. The molecule has 4 aromatic rings. The predicted octanol–water partition coefficient (Wildman–Crippen LogP) is 5.13. The van der Waals surface area contributed by atoms with Crippen LogP contribution in [-0.4, -0.2) is 15.9 Å². The molecule has 5 heteroatoms. The van der Waals surface area contributed by atoms with Crippen LogP contribution in [0.3, 0.4) is 0 Å². The SMILES string of the molecule is CCn1c2ccccc2c2cc(/C=N/NC(=S)Nc3ccccc3)ccc21. The van der Waals surface area contributed by atoms with Gasteiger partial charge in [0.1, 0.15) is 0 Å². The van der Waals surface area contributed by atoms with E-state index in [0.29, 0.717) is 5.11 Å². The van der Waals surface area contributed by atoms with Gasteiger partial charge >= 0.3 is 0 Å². The third-order valence-corrected chi connectivity index (χ3v) is 4.72. The first-order valence-electron chi connectivity index (χ1n) is 8.92. The second kappa shape index (κ2) is 7.60. The minimum absolute atomic E-state index is 0.459. The van der Waals surface area contributed by atoms with Crippen LogP contribution >= 0.6 is 12.2 Å². The van der Waals surface area contributed by atoms with Crippen molar-refractivity contribution in [2.24, 2.45) is 5.10 Å². The number of rotatable bonds is 4. The van der Waals surface area contributed by atoms with E-state index in [9.17, 15) is 0 Å². The Morgan fingerprint density at radius 2 is 1.70 bits per heavy atom. The van der Waals surface area contributed by atoms with E-state index in [1.54, 1.807) is 6.21 Å². The fourth-order valence-electron chi connectivity index (χ4n) is 3.34. The van der Waals surface area contributed by atoms with Crippen LogP contribution < -0.4 is 10.7 Å². The van der Waals surface area contributed by atoms with E-state index in [0.717, 1.165) is 17.8 Å². The average Bonchev–Trinajstić information content (AvgIpc) is 3.02. The number of fused-ring (bicyclic) bond motifs is 3. The number of benzene rings is 3. The molecule has 4 rings (SSSR count). The number of hydrazone groups is 1. The van der Waals surface area contributed by atoms with Crippen LogP contribution in [0.25, 0.3) is 21.8 Å². The molecule has 0 fully saturated rings. The second-order valence-electron chi connectivity index (χ2n) is 6.23. The Morgan fingerprint density at radius 3 is 2.52 bits per heavy atom. The summed E-state index contributed by atoms with van der Waals surface area (Å²) < 4.78 is 2.34. The third kappa shape index (κ3) is 3.55. The fraction of sp³-hybridized carbons (Fsp3) is 0.0909. The van der Waals surface area contributed by atoms with Gasteiger partial charge in [0.25, 0.3) is 0 Å². The smallest absolute Gasteiger partial charge is 0.191 e. The van der Waals surface area contributed by atoms with Crippen LogP contribution in [0.2, 0.25) is 0 Å². The van der Waals surface area contributed by atoms with Gasteiger partial charge in [-0.3, -0.25) is 5.43 Å². The molecule has 0 amide bonds. The van der Waals surface area contributed by atoms with E-state index in [-0.39, 0.29) is 0 Å². The summed E-state index contributed by atoms with van der Waals surface area (Å²) in [5.74, 6) is 0. The van der Waals surface area contributed by atoms with Crippen molar-refractivity contribution in [1.82, 2.24) is 9.99 Å². The number of thiocarbonyl (C=S) groups is 1. The van der Waals surface area contributed by atoms with E-state index >= 15 is 0 Å². The van der Waals surface area contributed by atoms with Crippen molar-refractivity contribution in [2.45, 2.75) is 13.5 Å². The zero-order chi connectivity index (χ0) is 18.6. The van der Waals surface area contributed by atoms with Gasteiger partial charge in [-0.15, -0.1) is 0 Å². The average molecular weight is 372 g/mol. The number of nitrogens with zero attached hydrogens (tertiary/aromatic N) is 2. The summed E-state index contributed by atoms with van der Waals surface area (Å²) in [7, 11) is 0. The van der Waals surface area contributed by atoms with Gasteiger partial charge < -0.3 is 9.88 Å². The first kappa shape index (κ1) is 17.2. The molecule has 0 atom stereocenters. The third-order valence-electron chi connectivity index (χ3n) is 4.52. The highest BCUT2D eigenvalue weighted by atomic mass is 32.1. The molecule has 0 saturated carbocycles. The van der Waals surface area contributed by atoms with Crippen molar-refractivity contribution in [2.75, 3.05) is 5.32 Å². The minimum atomic E-state index is 0.459. The van der Waals surface area contributed by atoms with Gasteiger partial charge in [0, 0.05) is 34.0 Å². The van der Waals surface area contributed by atoms with Crippen molar-refractivity contribution in [3.05, 3.63) is 78.4 Å². The number of hydrogen-bond donors (Lipinski definition) is 2. The number of aromatic nitrogens is 1. The van der Waals surface area contributed by atoms with E-state index in [1.165, 1.54) is 21.8 Å². The van der Waals surface area contributed by atoms with Gasteiger partial charge in [-0.1, -0.05) is 42.5 Å². The second-order valence-corrected chi connectivity index (χ2v) is 6.64. The normalized spacial score (nSPS) is 11.3. The van der Waals surface area contributed by atoms with E-state index in [1.807, 2.05) is 30.3 Å². The van der Waals surface area contributed by atoms with Gasteiger partial charge in [-0.25, -0.2) is 0 Å². The lowest BCUT2D eigenvalue weighted by molar-refractivity contribution is 0.827. The Bertz CT molecular complexity index is 1130. The lowest BCUT2D eigenvalue weighted by atomic mass is 10.1. The van der Waals surface area contributed by atoms with Crippen LogP contribution in [0.5, 0.6) is 0 Å². The number of aryl methyl sites for hydroxylation is 1. The molecule has 0 aliphatic carbocycles. The molecule has 0 radical (unpaired) electrons. The molecule has 27 heavy (non-hydrogen) atoms. The Kier molecular flexibility index (Phi) is 4.85. The van der Waals surface area contributed by atoms with Gasteiger partial charge in [-0.2, -0.15) is 5.10 Å². The molecule has 0 aliphatic rings.